The highest BCUT2D eigenvalue weighted by Gasteiger charge is 2.12. The number of oxime groups is 1. The van der Waals surface area contributed by atoms with Crippen molar-refractivity contribution in [1.82, 2.24) is 0 Å². The van der Waals surface area contributed by atoms with E-state index in [1.54, 1.807) is 24.3 Å². The lowest BCUT2D eigenvalue weighted by atomic mass is 10.1. The number of aliphatic carboxylic acids is 1. The molecular weight excluding hydrogens is 368 g/mol. The van der Waals surface area contributed by atoms with Gasteiger partial charge in [-0.15, -0.1) is 0 Å². The van der Waals surface area contributed by atoms with Crippen LogP contribution >= 0.6 is 0 Å². The Bertz CT molecular complexity index is 827. The number of rotatable bonds is 10. The molecule has 1 fully saturated rings. The summed E-state index contributed by atoms with van der Waals surface area (Å²) in [7, 11) is 0. The van der Waals surface area contributed by atoms with Crippen molar-refractivity contribution in [2.24, 2.45) is 5.16 Å². The van der Waals surface area contributed by atoms with Crippen molar-refractivity contribution >= 4 is 17.4 Å². The molecular formula is C23H28N2O4. The highest BCUT2D eigenvalue weighted by atomic mass is 16.6. The molecule has 6 heteroatoms. The number of carboxylic acids is 1. The van der Waals surface area contributed by atoms with Crippen LogP contribution in [-0.2, 0) is 16.1 Å². The highest BCUT2D eigenvalue weighted by Crippen LogP contribution is 2.21. The van der Waals surface area contributed by atoms with Crippen molar-refractivity contribution < 1.29 is 19.5 Å². The van der Waals surface area contributed by atoms with E-state index in [9.17, 15) is 4.79 Å². The van der Waals surface area contributed by atoms with E-state index in [4.69, 9.17) is 14.7 Å². The Hall–Kier alpha value is -3.02. The SMILES string of the molecule is CC/C(=N\OCCOc1cccc(CC(=O)O)c1)c1ccc(N2CCCC2)cc1. The Kier molecular flexibility index (Phi) is 7.50. The standard InChI is InChI=1S/C23H28N2O4/c1-2-22(19-8-10-20(11-9-19)25-12-3-4-13-25)24-29-15-14-28-21-7-5-6-18(16-21)17-23(26)27/h5-11,16H,2-4,12-15,17H2,1H3,(H,26,27)/b24-22+. The minimum absolute atomic E-state index is 0.0194. The normalized spacial score (nSPS) is 14.1. The van der Waals surface area contributed by atoms with E-state index in [1.165, 1.54) is 18.5 Å². The molecule has 0 unspecified atom stereocenters. The smallest absolute Gasteiger partial charge is 0.307 e. The Balaban J connectivity index is 1.47. The summed E-state index contributed by atoms with van der Waals surface area (Å²) >= 11 is 0. The fourth-order valence-electron chi connectivity index (χ4n) is 3.40. The average molecular weight is 396 g/mol. The first-order valence-electron chi connectivity index (χ1n) is 10.1. The van der Waals surface area contributed by atoms with Crippen LogP contribution in [0.5, 0.6) is 5.75 Å². The predicted molar refractivity (Wildman–Crippen MR) is 114 cm³/mol. The van der Waals surface area contributed by atoms with Gasteiger partial charge in [0, 0.05) is 18.8 Å². The molecule has 1 saturated heterocycles. The van der Waals surface area contributed by atoms with E-state index in [0.29, 0.717) is 24.5 Å². The molecule has 154 valence electrons. The van der Waals surface area contributed by atoms with E-state index < -0.39 is 5.97 Å². The van der Waals surface area contributed by atoms with Crippen molar-refractivity contribution in [3.63, 3.8) is 0 Å². The summed E-state index contributed by atoms with van der Waals surface area (Å²) in [6, 6.07) is 15.6. The van der Waals surface area contributed by atoms with E-state index in [0.717, 1.165) is 30.8 Å². The average Bonchev–Trinajstić information content (AvgIpc) is 3.26. The molecule has 3 rings (SSSR count). The van der Waals surface area contributed by atoms with E-state index in [2.05, 4.69) is 41.2 Å². The first kappa shape index (κ1) is 20.7. The Morgan fingerprint density at radius 2 is 1.86 bits per heavy atom. The third-order valence-electron chi connectivity index (χ3n) is 4.88. The quantitative estimate of drug-likeness (QED) is 0.372. The van der Waals surface area contributed by atoms with Crippen LogP contribution in [-0.4, -0.2) is 43.1 Å². The van der Waals surface area contributed by atoms with Gasteiger partial charge in [0.1, 0.15) is 12.4 Å². The second kappa shape index (κ2) is 10.5. The van der Waals surface area contributed by atoms with E-state index >= 15 is 0 Å². The van der Waals surface area contributed by atoms with E-state index in [-0.39, 0.29) is 6.42 Å². The van der Waals surface area contributed by atoms with Crippen molar-refractivity contribution in [3.05, 3.63) is 59.7 Å². The van der Waals surface area contributed by atoms with Gasteiger partial charge in [-0.3, -0.25) is 4.79 Å². The van der Waals surface area contributed by atoms with Gasteiger partial charge in [-0.1, -0.05) is 36.3 Å². The third kappa shape index (κ3) is 6.24. The second-order valence-electron chi connectivity index (χ2n) is 7.03. The van der Waals surface area contributed by atoms with Gasteiger partial charge in [0.25, 0.3) is 0 Å². The number of anilines is 1. The maximum absolute atomic E-state index is 10.8. The lowest BCUT2D eigenvalue weighted by Crippen LogP contribution is -2.17. The van der Waals surface area contributed by atoms with Gasteiger partial charge in [0.2, 0.25) is 0 Å². The maximum Gasteiger partial charge on any atom is 0.307 e. The Morgan fingerprint density at radius 3 is 2.55 bits per heavy atom. The molecule has 0 saturated carbocycles. The van der Waals surface area contributed by atoms with Gasteiger partial charge in [-0.25, -0.2) is 0 Å². The van der Waals surface area contributed by atoms with Crippen LogP contribution in [0.15, 0.2) is 53.7 Å². The molecule has 1 aliphatic rings. The first-order chi connectivity index (χ1) is 14.2. The number of carboxylic acid groups (broad SMARTS) is 1. The summed E-state index contributed by atoms with van der Waals surface area (Å²) in [6.45, 7) is 4.98. The zero-order valence-electron chi connectivity index (χ0n) is 16.8. The minimum atomic E-state index is -0.861. The number of ether oxygens (including phenoxy) is 1. The zero-order chi connectivity index (χ0) is 20.5. The summed E-state index contributed by atoms with van der Waals surface area (Å²) in [6.07, 6.45) is 3.29. The molecule has 6 nitrogen and oxygen atoms in total. The number of hydrogen-bond donors (Lipinski definition) is 1. The van der Waals surface area contributed by atoms with Gasteiger partial charge in [-0.05, 0) is 54.7 Å². The number of nitrogens with zero attached hydrogens (tertiary/aromatic N) is 2. The molecule has 2 aromatic carbocycles. The number of benzene rings is 2. The highest BCUT2D eigenvalue weighted by molar-refractivity contribution is 6.00. The Morgan fingerprint density at radius 1 is 1.10 bits per heavy atom. The Labute approximate surface area is 171 Å². The fraction of sp³-hybridized carbons (Fsp3) is 0.391. The molecule has 2 aromatic rings. The van der Waals surface area contributed by atoms with Gasteiger partial charge in [-0.2, -0.15) is 0 Å². The van der Waals surface area contributed by atoms with Crippen LogP contribution in [0, 0.1) is 0 Å². The first-order valence-corrected chi connectivity index (χ1v) is 10.1. The monoisotopic (exact) mass is 396 g/mol. The van der Waals surface area contributed by atoms with Crippen molar-refractivity contribution in [2.75, 3.05) is 31.2 Å². The maximum atomic E-state index is 10.8. The van der Waals surface area contributed by atoms with Crippen molar-refractivity contribution in [3.8, 4) is 5.75 Å². The van der Waals surface area contributed by atoms with Crippen molar-refractivity contribution in [2.45, 2.75) is 32.6 Å². The summed E-state index contributed by atoms with van der Waals surface area (Å²) in [5.41, 5.74) is 3.94. The largest absolute Gasteiger partial charge is 0.490 e. The van der Waals surface area contributed by atoms with E-state index in [1.807, 2.05) is 0 Å². The summed E-state index contributed by atoms with van der Waals surface area (Å²) < 4.78 is 5.63. The molecule has 0 spiro atoms. The number of carbonyl (C=O) groups is 1. The third-order valence-corrected chi connectivity index (χ3v) is 4.88. The van der Waals surface area contributed by atoms with Crippen LogP contribution < -0.4 is 9.64 Å². The fourth-order valence-corrected chi connectivity index (χ4v) is 3.40. The van der Waals surface area contributed by atoms with Crippen LogP contribution in [0.25, 0.3) is 0 Å². The van der Waals surface area contributed by atoms with Gasteiger partial charge < -0.3 is 19.6 Å². The second-order valence-corrected chi connectivity index (χ2v) is 7.03. The summed E-state index contributed by atoms with van der Waals surface area (Å²) in [4.78, 5) is 18.7. The molecule has 0 bridgehead atoms. The topological polar surface area (TPSA) is 71.4 Å². The molecule has 1 heterocycles. The lowest BCUT2D eigenvalue weighted by molar-refractivity contribution is -0.136. The molecule has 0 aromatic heterocycles. The van der Waals surface area contributed by atoms with Crippen LogP contribution in [0.4, 0.5) is 5.69 Å². The molecule has 1 N–H and O–H groups in total. The molecule has 29 heavy (non-hydrogen) atoms. The minimum Gasteiger partial charge on any atom is -0.490 e. The molecule has 0 atom stereocenters. The molecule has 0 amide bonds. The molecule has 1 aliphatic heterocycles. The van der Waals surface area contributed by atoms with Crippen LogP contribution in [0.1, 0.15) is 37.3 Å². The van der Waals surface area contributed by atoms with Crippen LogP contribution in [0.2, 0.25) is 0 Å². The van der Waals surface area contributed by atoms with Gasteiger partial charge >= 0.3 is 5.97 Å². The molecule has 0 aliphatic carbocycles. The summed E-state index contributed by atoms with van der Waals surface area (Å²) in [5, 5.41) is 13.1. The molecule has 0 radical (unpaired) electrons. The zero-order valence-corrected chi connectivity index (χ0v) is 16.8. The lowest BCUT2D eigenvalue weighted by Gasteiger charge is -2.17. The number of hydrogen-bond acceptors (Lipinski definition) is 5. The van der Waals surface area contributed by atoms with Gasteiger partial charge in [0.05, 0.1) is 12.1 Å². The van der Waals surface area contributed by atoms with Crippen LogP contribution in [0.3, 0.4) is 0 Å². The summed E-state index contributed by atoms with van der Waals surface area (Å²) in [5.74, 6) is -0.232. The predicted octanol–water partition coefficient (Wildman–Crippen LogP) is 4.12. The van der Waals surface area contributed by atoms with Gasteiger partial charge in [0.15, 0.2) is 6.61 Å². The van der Waals surface area contributed by atoms with Crippen molar-refractivity contribution in [1.29, 1.82) is 0 Å².